The van der Waals surface area contributed by atoms with Gasteiger partial charge in [0.2, 0.25) is 0 Å². The number of piperidine rings is 2. The molecule has 2 atom stereocenters. The first kappa shape index (κ1) is 20.9. The average Bonchev–Trinajstić information content (AvgIpc) is 3.10. The van der Waals surface area contributed by atoms with Crippen LogP contribution in [0.3, 0.4) is 0 Å². The van der Waals surface area contributed by atoms with Crippen LogP contribution in [-0.4, -0.2) is 60.3 Å². The number of nitrogens with zero attached hydrogens (tertiary/aromatic N) is 3. The van der Waals surface area contributed by atoms with Crippen LogP contribution in [0.15, 0.2) is 24.3 Å². The van der Waals surface area contributed by atoms with Crippen LogP contribution in [0.25, 0.3) is 0 Å². The molecule has 3 fully saturated rings. The molecule has 0 aromatic heterocycles. The minimum atomic E-state index is -0.461. The Morgan fingerprint density at radius 3 is 2.30 bits per heavy atom. The molecule has 2 aliphatic heterocycles. The van der Waals surface area contributed by atoms with Gasteiger partial charge in [-0.25, -0.2) is 4.79 Å². The first-order valence-corrected chi connectivity index (χ1v) is 10.9. The number of rotatable bonds is 5. The summed E-state index contributed by atoms with van der Waals surface area (Å²) in [6.45, 7) is 10.9. The molecule has 0 spiro atoms. The number of nitrogens with one attached hydrogen (secondary N) is 1. The number of hydrogen-bond acceptors (Lipinski definition) is 6. The maximum Gasteiger partial charge on any atom is 0.407 e. The van der Waals surface area contributed by atoms with Crippen LogP contribution in [0.2, 0.25) is 0 Å². The summed E-state index contributed by atoms with van der Waals surface area (Å²) in [5, 5.41) is 13.8. The zero-order chi connectivity index (χ0) is 21.5. The number of benzene rings is 1. The minimum Gasteiger partial charge on any atom is -0.444 e. The lowest BCUT2D eigenvalue weighted by atomic mass is 10.0. The molecular formula is C22H32N4O4. The van der Waals surface area contributed by atoms with E-state index in [0.29, 0.717) is 0 Å². The Morgan fingerprint density at radius 1 is 1.17 bits per heavy atom. The molecule has 1 aromatic carbocycles. The van der Waals surface area contributed by atoms with Crippen molar-refractivity contribution in [2.75, 3.05) is 37.6 Å². The van der Waals surface area contributed by atoms with E-state index in [1.54, 1.807) is 12.1 Å². The number of likely N-dealkylation sites (tertiary alicyclic amines) is 1. The van der Waals surface area contributed by atoms with Crippen LogP contribution in [0.5, 0.6) is 0 Å². The Bertz CT molecular complexity index is 771. The van der Waals surface area contributed by atoms with Gasteiger partial charge in [-0.1, -0.05) is 0 Å². The number of anilines is 1. The van der Waals surface area contributed by atoms with Gasteiger partial charge < -0.3 is 19.9 Å². The number of nitro benzene ring substituents is 1. The van der Waals surface area contributed by atoms with Gasteiger partial charge in [0, 0.05) is 56.6 Å². The third-order valence-electron chi connectivity index (χ3n) is 6.57. The first-order chi connectivity index (χ1) is 14.2. The molecule has 0 radical (unpaired) electrons. The Morgan fingerprint density at radius 2 is 1.77 bits per heavy atom. The summed E-state index contributed by atoms with van der Waals surface area (Å²) in [6, 6.07) is 7.10. The highest BCUT2D eigenvalue weighted by molar-refractivity contribution is 5.68. The SMILES string of the molecule is CC(C)(C)OC(=O)NC1CCN(CC2C3CN(c4ccc([N+](=O)[O-])cc4)CC23)CC1. The molecule has 1 aromatic rings. The molecule has 1 aliphatic carbocycles. The van der Waals surface area contributed by atoms with Crippen molar-refractivity contribution in [1.29, 1.82) is 0 Å². The van der Waals surface area contributed by atoms with Crippen molar-refractivity contribution >= 4 is 17.5 Å². The Kier molecular flexibility index (Phi) is 5.61. The lowest BCUT2D eigenvalue weighted by molar-refractivity contribution is -0.384. The second kappa shape index (κ2) is 8.06. The van der Waals surface area contributed by atoms with Gasteiger partial charge in [-0.3, -0.25) is 10.1 Å². The highest BCUT2D eigenvalue weighted by Gasteiger charge is 2.55. The first-order valence-electron chi connectivity index (χ1n) is 10.9. The van der Waals surface area contributed by atoms with Gasteiger partial charge >= 0.3 is 6.09 Å². The maximum atomic E-state index is 11.9. The Balaban J connectivity index is 1.17. The molecule has 8 nitrogen and oxygen atoms in total. The van der Waals surface area contributed by atoms with Crippen molar-refractivity contribution in [2.24, 2.45) is 17.8 Å². The number of hydrogen-bond donors (Lipinski definition) is 1. The van der Waals surface area contributed by atoms with Crippen LogP contribution in [-0.2, 0) is 4.74 Å². The molecule has 1 amide bonds. The molecule has 0 bridgehead atoms. The van der Waals surface area contributed by atoms with E-state index in [1.807, 2.05) is 32.9 Å². The van der Waals surface area contributed by atoms with E-state index < -0.39 is 5.60 Å². The number of amides is 1. The standard InChI is InChI=1S/C22H32N4O4/c1-22(2,3)30-21(27)23-15-8-10-24(11-9-15)12-18-19-13-25(14-20(18)19)16-4-6-17(7-5-16)26(28)29/h4-7,15,18-20H,8-14H2,1-3H3,(H,23,27). The molecule has 30 heavy (non-hydrogen) atoms. The van der Waals surface area contributed by atoms with Crippen molar-refractivity contribution in [2.45, 2.75) is 45.3 Å². The Labute approximate surface area is 177 Å². The lowest BCUT2D eigenvalue weighted by Gasteiger charge is -2.33. The monoisotopic (exact) mass is 416 g/mol. The summed E-state index contributed by atoms with van der Waals surface area (Å²) in [5.74, 6) is 2.23. The minimum absolute atomic E-state index is 0.144. The van der Waals surface area contributed by atoms with Crippen LogP contribution in [0.1, 0.15) is 33.6 Å². The fourth-order valence-electron chi connectivity index (χ4n) is 4.95. The number of carbonyl (C=O) groups excluding carboxylic acids is 1. The molecule has 164 valence electrons. The van der Waals surface area contributed by atoms with Gasteiger partial charge in [0.05, 0.1) is 4.92 Å². The quantitative estimate of drug-likeness (QED) is 0.586. The van der Waals surface area contributed by atoms with Crippen LogP contribution < -0.4 is 10.2 Å². The van der Waals surface area contributed by atoms with Crippen molar-refractivity contribution in [1.82, 2.24) is 10.2 Å². The molecule has 2 saturated heterocycles. The summed E-state index contributed by atoms with van der Waals surface area (Å²) in [5.41, 5.74) is 0.766. The van der Waals surface area contributed by atoms with Gasteiger partial charge in [0.25, 0.3) is 5.69 Å². The summed E-state index contributed by atoms with van der Waals surface area (Å²) in [7, 11) is 0. The Hall–Kier alpha value is -2.35. The van der Waals surface area contributed by atoms with Gasteiger partial charge in [-0.2, -0.15) is 0 Å². The van der Waals surface area contributed by atoms with E-state index in [4.69, 9.17) is 4.74 Å². The molecule has 2 heterocycles. The number of carbonyl (C=O) groups is 1. The molecule has 1 N–H and O–H groups in total. The van der Waals surface area contributed by atoms with Crippen LogP contribution >= 0.6 is 0 Å². The van der Waals surface area contributed by atoms with E-state index in [0.717, 1.165) is 69.0 Å². The van der Waals surface area contributed by atoms with Crippen LogP contribution in [0, 0.1) is 27.9 Å². The second-order valence-corrected chi connectivity index (χ2v) is 9.89. The predicted molar refractivity (Wildman–Crippen MR) is 115 cm³/mol. The molecular weight excluding hydrogens is 384 g/mol. The average molecular weight is 417 g/mol. The fraction of sp³-hybridized carbons (Fsp3) is 0.682. The topological polar surface area (TPSA) is 88.0 Å². The summed E-state index contributed by atoms with van der Waals surface area (Å²) in [4.78, 5) is 27.3. The fourth-order valence-corrected chi connectivity index (χ4v) is 4.95. The van der Waals surface area contributed by atoms with Crippen molar-refractivity contribution in [3.63, 3.8) is 0 Å². The lowest BCUT2D eigenvalue weighted by Crippen LogP contribution is -2.46. The smallest absolute Gasteiger partial charge is 0.407 e. The predicted octanol–water partition coefficient (Wildman–Crippen LogP) is 3.27. The summed E-state index contributed by atoms with van der Waals surface area (Å²) < 4.78 is 5.36. The van der Waals surface area contributed by atoms with Crippen molar-refractivity contribution in [3.05, 3.63) is 34.4 Å². The summed E-state index contributed by atoms with van der Waals surface area (Å²) in [6.07, 6.45) is 1.62. The van der Waals surface area contributed by atoms with E-state index in [-0.39, 0.29) is 22.7 Å². The zero-order valence-corrected chi connectivity index (χ0v) is 18.0. The number of ether oxygens (including phenoxy) is 1. The molecule has 2 unspecified atom stereocenters. The normalized spacial score (nSPS) is 26.9. The van der Waals surface area contributed by atoms with E-state index >= 15 is 0 Å². The maximum absolute atomic E-state index is 11.9. The van der Waals surface area contributed by atoms with Gasteiger partial charge in [-0.15, -0.1) is 0 Å². The number of nitro groups is 1. The third-order valence-corrected chi connectivity index (χ3v) is 6.57. The molecule has 4 rings (SSSR count). The highest BCUT2D eigenvalue weighted by Crippen LogP contribution is 2.53. The second-order valence-electron chi connectivity index (χ2n) is 9.89. The third kappa shape index (κ3) is 4.86. The zero-order valence-electron chi connectivity index (χ0n) is 18.0. The molecule has 8 heteroatoms. The van der Waals surface area contributed by atoms with Gasteiger partial charge in [0.1, 0.15) is 5.60 Å². The molecule has 1 saturated carbocycles. The van der Waals surface area contributed by atoms with E-state index in [2.05, 4.69) is 15.1 Å². The number of non-ortho nitro benzene ring substituents is 1. The molecule has 3 aliphatic rings. The van der Waals surface area contributed by atoms with E-state index in [1.165, 1.54) is 0 Å². The summed E-state index contributed by atoms with van der Waals surface area (Å²) >= 11 is 0. The number of alkyl carbamates (subject to hydrolysis) is 1. The van der Waals surface area contributed by atoms with Gasteiger partial charge in [0.15, 0.2) is 0 Å². The largest absolute Gasteiger partial charge is 0.444 e. The van der Waals surface area contributed by atoms with Gasteiger partial charge in [-0.05, 0) is 63.5 Å². The van der Waals surface area contributed by atoms with Crippen molar-refractivity contribution in [3.8, 4) is 0 Å². The van der Waals surface area contributed by atoms with Crippen LogP contribution in [0.4, 0.5) is 16.2 Å². The highest BCUT2D eigenvalue weighted by atomic mass is 16.6. The number of fused-ring (bicyclic) bond motifs is 1. The van der Waals surface area contributed by atoms with E-state index in [9.17, 15) is 14.9 Å². The van der Waals surface area contributed by atoms with Crippen molar-refractivity contribution < 1.29 is 14.5 Å².